The first-order chi connectivity index (χ1) is 14.4. The molecule has 154 valence electrons. The molecule has 4 aromatic rings. The van der Waals surface area contributed by atoms with E-state index in [1.807, 2.05) is 13.8 Å². The number of aromatic nitrogens is 7. The molecule has 3 heterocycles. The quantitative estimate of drug-likeness (QED) is 0.468. The summed E-state index contributed by atoms with van der Waals surface area (Å²) in [6.45, 7) is 3.72. The van der Waals surface area contributed by atoms with E-state index in [1.54, 1.807) is 36.7 Å². The number of hydrogen-bond acceptors (Lipinski definition) is 9. The van der Waals surface area contributed by atoms with Crippen molar-refractivity contribution in [2.45, 2.75) is 24.8 Å². The van der Waals surface area contributed by atoms with Crippen LogP contribution in [0.4, 0.5) is 0 Å². The number of hydrogen-bond donors (Lipinski definition) is 1. The van der Waals surface area contributed by atoms with Crippen LogP contribution in [-0.4, -0.2) is 43.7 Å². The van der Waals surface area contributed by atoms with Gasteiger partial charge in [0.25, 0.3) is 0 Å². The number of nitrogens with zero attached hydrogens (tertiary/aromatic N) is 7. The van der Waals surface area contributed by atoms with Crippen molar-refractivity contribution in [2.24, 2.45) is 5.92 Å². The third kappa shape index (κ3) is 4.09. The first kappa shape index (κ1) is 19.8. The number of benzene rings is 1. The van der Waals surface area contributed by atoms with Crippen LogP contribution in [0.25, 0.3) is 17.1 Å². The summed E-state index contributed by atoms with van der Waals surface area (Å²) < 4.78 is 35.5. The van der Waals surface area contributed by atoms with Gasteiger partial charge in [-0.3, -0.25) is 4.98 Å². The highest BCUT2D eigenvalue weighted by Crippen LogP contribution is 2.26. The molecule has 11 nitrogen and oxygen atoms in total. The summed E-state index contributed by atoms with van der Waals surface area (Å²) in [5.41, 5.74) is 1.24. The lowest BCUT2D eigenvalue weighted by Gasteiger charge is -2.18. The van der Waals surface area contributed by atoms with Crippen molar-refractivity contribution in [3.05, 3.63) is 61.0 Å². The van der Waals surface area contributed by atoms with Crippen molar-refractivity contribution < 1.29 is 12.9 Å². The second-order valence-corrected chi connectivity index (χ2v) is 8.50. The van der Waals surface area contributed by atoms with Crippen LogP contribution < -0.4 is 4.72 Å². The topological polar surface area (TPSA) is 142 Å². The first-order valence-electron chi connectivity index (χ1n) is 9.04. The molecule has 0 radical (unpaired) electrons. The Morgan fingerprint density at radius 3 is 2.63 bits per heavy atom. The van der Waals surface area contributed by atoms with Gasteiger partial charge in [-0.1, -0.05) is 25.1 Å². The predicted octanol–water partition coefficient (Wildman–Crippen LogP) is 1.78. The summed E-state index contributed by atoms with van der Waals surface area (Å²) >= 11 is 0. The lowest BCUT2D eigenvalue weighted by atomic mass is 10.1. The number of tetrazole rings is 1. The van der Waals surface area contributed by atoms with Gasteiger partial charge in [0, 0.05) is 18.0 Å². The molecule has 0 amide bonds. The highest BCUT2D eigenvalue weighted by atomic mass is 32.2. The Morgan fingerprint density at radius 1 is 1.13 bits per heavy atom. The summed E-state index contributed by atoms with van der Waals surface area (Å²) in [6, 6.07) is 9.06. The van der Waals surface area contributed by atoms with E-state index in [0.717, 1.165) is 5.56 Å². The molecule has 1 N–H and O–H groups in total. The molecule has 30 heavy (non-hydrogen) atoms. The summed E-state index contributed by atoms with van der Waals surface area (Å²) in [5.74, 6) is 0.392. The molecular weight excluding hydrogens is 408 g/mol. The molecule has 0 fully saturated rings. The van der Waals surface area contributed by atoms with Crippen LogP contribution in [0.5, 0.6) is 0 Å². The molecule has 1 aromatic carbocycles. The third-order valence-corrected chi connectivity index (χ3v) is 5.78. The molecule has 0 aliphatic rings. The van der Waals surface area contributed by atoms with Gasteiger partial charge in [0.1, 0.15) is 12.4 Å². The van der Waals surface area contributed by atoms with Crippen LogP contribution in [-0.2, 0) is 10.0 Å². The Hall–Kier alpha value is -3.51. The minimum absolute atomic E-state index is 0.0648. The van der Waals surface area contributed by atoms with Gasteiger partial charge >= 0.3 is 0 Å². The molecule has 1 unspecified atom stereocenters. The number of rotatable bonds is 7. The highest BCUT2D eigenvalue weighted by Gasteiger charge is 2.29. The average molecular weight is 426 g/mol. The largest absolute Gasteiger partial charge is 0.337 e. The molecule has 1 atom stereocenters. The van der Waals surface area contributed by atoms with E-state index in [4.69, 9.17) is 4.52 Å². The number of sulfonamides is 1. The van der Waals surface area contributed by atoms with Gasteiger partial charge in [-0.2, -0.15) is 9.71 Å². The Labute approximate surface area is 172 Å². The van der Waals surface area contributed by atoms with Crippen LogP contribution in [0.1, 0.15) is 25.8 Å². The molecular formula is C18H18N8O3S. The number of nitrogens with one attached hydrogen (secondary N) is 1. The third-order valence-electron chi connectivity index (χ3n) is 4.34. The lowest BCUT2D eigenvalue weighted by Crippen LogP contribution is -2.32. The molecule has 0 spiro atoms. The minimum atomic E-state index is -3.89. The molecule has 0 saturated heterocycles. The SMILES string of the molecule is CC(C)C(NS(=O)(=O)c1cccc(-n2cnnn2)c1)c1nc(-c2ccncc2)no1. The molecule has 0 bridgehead atoms. The molecule has 4 rings (SSSR count). The van der Waals surface area contributed by atoms with Crippen molar-refractivity contribution in [3.8, 4) is 17.1 Å². The number of pyridine rings is 1. The Kier molecular flexibility index (Phi) is 5.33. The first-order valence-corrected chi connectivity index (χ1v) is 10.5. The van der Waals surface area contributed by atoms with Crippen LogP contribution in [0.15, 0.2) is 64.5 Å². The maximum Gasteiger partial charge on any atom is 0.245 e. The minimum Gasteiger partial charge on any atom is -0.337 e. The van der Waals surface area contributed by atoms with E-state index in [0.29, 0.717) is 11.5 Å². The Morgan fingerprint density at radius 2 is 1.93 bits per heavy atom. The summed E-state index contributed by atoms with van der Waals surface area (Å²) in [4.78, 5) is 8.40. The predicted molar refractivity (Wildman–Crippen MR) is 105 cm³/mol. The average Bonchev–Trinajstić information content (AvgIpc) is 3.45. The molecule has 0 saturated carbocycles. The Bertz CT molecular complexity index is 1220. The highest BCUT2D eigenvalue weighted by molar-refractivity contribution is 7.89. The van der Waals surface area contributed by atoms with Crippen molar-refractivity contribution in [2.75, 3.05) is 0 Å². The monoisotopic (exact) mass is 426 g/mol. The van der Waals surface area contributed by atoms with E-state index >= 15 is 0 Å². The fraction of sp³-hybridized carbons (Fsp3) is 0.222. The summed E-state index contributed by atoms with van der Waals surface area (Å²) in [5, 5.41) is 14.9. The smallest absolute Gasteiger partial charge is 0.245 e. The van der Waals surface area contributed by atoms with Crippen molar-refractivity contribution in [3.63, 3.8) is 0 Å². The molecule has 0 aliphatic carbocycles. The van der Waals surface area contributed by atoms with Gasteiger partial charge < -0.3 is 4.52 Å². The van der Waals surface area contributed by atoms with Gasteiger partial charge in [0.15, 0.2) is 0 Å². The van der Waals surface area contributed by atoms with Gasteiger partial charge in [0.2, 0.25) is 21.7 Å². The van der Waals surface area contributed by atoms with Crippen molar-refractivity contribution >= 4 is 10.0 Å². The van der Waals surface area contributed by atoms with Crippen molar-refractivity contribution in [1.29, 1.82) is 0 Å². The van der Waals surface area contributed by atoms with Crippen LogP contribution in [0, 0.1) is 5.92 Å². The second-order valence-electron chi connectivity index (χ2n) is 6.79. The standard InChI is InChI=1S/C18H18N8O3S/c1-12(2)16(18-21-17(22-29-18)13-6-8-19-9-7-13)23-30(27,28)15-5-3-4-14(10-15)26-11-20-24-25-26/h3-12,16,23H,1-2H3. The van der Waals surface area contributed by atoms with Crippen LogP contribution in [0.2, 0.25) is 0 Å². The van der Waals surface area contributed by atoms with Crippen LogP contribution in [0.3, 0.4) is 0 Å². The van der Waals surface area contributed by atoms with Gasteiger partial charge in [0.05, 0.1) is 10.6 Å². The zero-order valence-corrected chi connectivity index (χ0v) is 16.9. The zero-order chi connectivity index (χ0) is 21.1. The van der Waals surface area contributed by atoms with E-state index in [1.165, 1.54) is 23.1 Å². The maximum atomic E-state index is 13.0. The summed E-state index contributed by atoms with van der Waals surface area (Å²) in [6.07, 6.45) is 4.62. The van der Waals surface area contributed by atoms with E-state index in [-0.39, 0.29) is 16.7 Å². The summed E-state index contributed by atoms with van der Waals surface area (Å²) in [7, 11) is -3.89. The fourth-order valence-electron chi connectivity index (χ4n) is 2.76. The maximum absolute atomic E-state index is 13.0. The van der Waals surface area contributed by atoms with Crippen molar-refractivity contribution in [1.82, 2.24) is 40.1 Å². The molecule has 12 heteroatoms. The molecule has 3 aromatic heterocycles. The molecule has 0 aliphatic heterocycles. The fourth-order valence-corrected chi connectivity index (χ4v) is 4.14. The van der Waals surface area contributed by atoms with E-state index < -0.39 is 16.1 Å². The van der Waals surface area contributed by atoms with Gasteiger partial charge in [-0.15, -0.1) is 5.10 Å². The van der Waals surface area contributed by atoms with Gasteiger partial charge in [-0.25, -0.2) is 13.1 Å². The van der Waals surface area contributed by atoms with E-state index in [2.05, 4.69) is 35.4 Å². The zero-order valence-electron chi connectivity index (χ0n) is 16.1. The normalized spacial score (nSPS) is 12.9. The Balaban J connectivity index is 1.62. The second kappa shape index (κ2) is 8.08. The van der Waals surface area contributed by atoms with Gasteiger partial charge in [-0.05, 0) is 46.7 Å². The van der Waals surface area contributed by atoms with Crippen LogP contribution >= 0.6 is 0 Å². The lowest BCUT2D eigenvalue weighted by molar-refractivity contribution is 0.311. The van der Waals surface area contributed by atoms with E-state index in [9.17, 15) is 8.42 Å².